The molecule has 1 amide bonds. The fourth-order valence-electron chi connectivity index (χ4n) is 2.18. The number of halogens is 1. The summed E-state index contributed by atoms with van der Waals surface area (Å²) in [7, 11) is 1.82. The van der Waals surface area contributed by atoms with Gasteiger partial charge in [-0.1, -0.05) is 11.6 Å². The van der Waals surface area contributed by atoms with Gasteiger partial charge in [0.25, 0.3) is 5.78 Å². The Balaban J connectivity index is 2.03. The number of hydrogen-bond acceptors (Lipinski definition) is 5. The molecule has 0 radical (unpaired) electrons. The lowest BCUT2D eigenvalue weighted by Crippen LogP contribution is -2.35. The van der Waals surface area contributed by atoms with Gasteiger partial charge in [-0.05, 0) is 6.42 Å². The average molecular weight is 281 g/mol. The van der Waals surface area contributed by atoms with Crippen molar-refractivity contribution in [3.8, 4) is 0 Å². The third-order valence-electron chi connectivity index (χ3n) is 3.20. The van der Waals surface area contributed by atoms with E-state index in [4.69, 9.17) is 11.6 Å². The van der Waals surface area contributed by atoms with Gasteiger partial charge in [-0.3, -0.25) is 4.79 Å². The van der Waals surface area contributed by atoms with Gasteiger partial charge in [-0.2, -0.15) is 19.6 Å². The van der Waals surface area contributed by atoms with Crippen LogP contribution in [0, 0.1) is 0 Å². The fraction of sp³-hybridized carbons (Fsp3) is 0.455. The van der Waals surface area contributed by atoms with E-state index in [0.29, 0.717) is 17.5 Å². The molecule has 0 spiro atoms. The minimum atomic E-state index is 0.0821. The van der Waals surface area contributed by atoms with Crippen LogP contribution in [-0.4, -0.2) is 57.1 Å². The molecule has 1 fully saturated rings. The summed E-state index contributed by atoms with van der Waals surface area (Å²) in [5.74, 6) is 1.27. The van der Waals surface area contributed by atoms with Crippen molar-refractivity contribution in [2.45, 2.75) is 6.42 Å². The molecule has 3 heterocycles. The maximum Gasteiger partial charge on any atom is 0.255 e. The number of carbonyl (C=O) groups excluding carboxylic acids is 1. The van der Waals surface area contributed by atoms with E-state index in [-0.39, 0.29) is 5.91 Å². The molecule has 2 aromatic heterocycles. The SMILES string of the molecule is CN1CCCN(c2cc(Cl)nc3ncnn23)CC1=O. The van der Waals surface area contributed by atoms with E-state index < -0.39 is 0 Å². The summed E-state index contributed by atoms with van der Waals surface area (Å²) < 4.78 is 1.60. The third-order valence-corrected chi connectivity index (χ3v) is 3.39. The highest BCUT2D eigenvalue weighted by Gasteiger charge is 2.22. The van der Waals surface area contributed by atoms with Crippen molar-refractivity contribution in [3.63, 3.8) is 0 Å². The van der Waals surface area contributed by atoms with Crippen molar-refractivity contribution in [1.29, 1.82) is 0 Å². The maximum atomic E-state index is 11.9. The molecule has 0 aromatic carbocycles. The number of amides is 1. The Kier molecular flexibility index (Phi) is 2.98. The minimum absolute atomic E-state index is 0.0821. The Hall–Kier alpha value is -1.89. The second-order valence-electron chi connectivity index (χ2n) is 4.50. The largest absolute Gasteiger partial charge is 0.347 e. The molecule has 1 aliphatic heterocycles. The van der Waals surface area contributed by atoms with E-state index in [1.807, 2.05) is 11.9 Å². The predicted octanol–water partition coefficient (Wildman–Crippen LogP) is 0.446. The van der Waals surface area contributed by atoms with Crippen LogP contribution in [0.1, 0.15) is 6.42 Å². The first kappa shape index (κ1) is 12.2. The number of hydrogen-bond donors (Lipinski definition) is 0. The summed E-state index contributed by atoms with van der Waals surface area (Å²) >= 11 is 5.99. The van der Waals surface area contributed by atoms with Crippen LogP contribution in [0.3, 0.4) is 0 Å². The predicted molar refractivity (Wildman–Crippen MR) is 70.3 cm³/mol. The van der Waals surface area contributed by atoms with Gasteiger partial charge >= 0.3 is 0 Å². The van der Waals surface area contributed by atoms with Crippen LogP contribution in [0.2, 0.25) is 5.15 Å². The van der Waals surface area contributed by atoms with Crippen molar-refractivity contribution in [2.24, 2.45) is 0 Å². The Labute approximate surface area is 114 Å². The zero-order valence-corrected chi connectivity index (χ0v) is 11.2. The molecule has 0 saturated carbocycles. The topological polar surface area (TPSA) is 66.6 Å². The van der Waals surface area contributed by atoms with Gasteiger partial charge in [-0.15, -0.1) is 0 Å². The van der Waals surface area contributed by atoms with Crippen LogP contribution >= 0.6 is 11.6 Å². The normalized spacial score (nSPS) is 17.1. The van der Waals surface area contributed by atoms with Gasteiger partial charge in [0.1, 0.15) is 17.3 Å². The molecule has 0 aliphatic carbocycles. The second kappa shape index (κ2) is 4.65. The molecule has 0 N–H and O–H groups in total. The third kappa shape index (κ3) is 2.21. The lowest BCUT2D eigenvalue weighted by Gasteiger charge is -2.22. The first-order valence-corrected chi connectivity index (χ1v) is 6.38. The highest BCUT2D eigenvalue weighted by atomic mass is 35.5. The molecule has 0 bridgehead atoms. The minimum Gasteiger partial charge on any atom is -0.347 e. The Bertz CT molecular complexity index is 627. The zero-order valence-electron chi connectivity index (χ0n) is 10.5. The molecule has 3 rings (SSSR count). The lowest BCUT2D eigenvalue weighted by atomic mass is 10.4. The summed E-state index contributed by atoms with van der Waals surface area (Å²) in [5, 5.41) is 4.48. The number of fused-ring (bicyclic) bond motifs is 1. The van der Waals surface area contributed by atoms with Gasteiger partial charge in [-0.25, -0.2) is 0 Å². The smallest absolute Gasteiger partial charge is 0.255 e. The molecule has 8 heteroatoms. The Morgan fingerprint density at radius 3 is 3.05 bits per heavy atom. The van der Waals surface area contributed by atoms with Crippen molar-refractivity contribution in [1.82, 2.24) is 24.5 Å². The summed E-state index contributed by atoms with van der Waals surface area (Å²) in [6.07, 6.45) is 2.33. The van der Waals surface area contributed by atoms with E-state index in [9.17, 15) is 4.79 Å². The second-order valence-corrected chi connectivity index (χ2v) is 4.89. The first-order chi connectivity index (χ1) is 9.15. The van der Waals surface area contributed by atoms with Crippen molar-refractivity contribution < 1.29 is 4.79 Å². The van der Waals surface area contributed by atoms with Gasteiger partial charge in [0, 0.05) is 26.2 Å². The maximum absolute atomic E-state index is 11.9. The summed E-state index contributed by atoms with van der Waals surface area (Å²) in [6.45, 7) is 1.84. The summed E-state index contributed by atoms with van der Waals surface area (Å²) in [5.41, 5.74) is 0. The van der Waals surface area contributed by atoms with Gasteiger partial charge < -0.3 is 9.80 Å². The molecule has 7 nitrogen and oxygen atoms in total. The van der Waals surface area contributed by atoms with E-state index in [1.165, 1.54) is 6.33 Å². The number of likely N-dealkylation sites (N-methyl/N-ethyl adjacent to an activating group) is 1. The van der Waals surface area contributed by atoms with Gasteiger partial charge in [0.2, 0.25) is 5.91 Å². The van der Waals surface area contributed by atoms with E-state index in [2.05, 4.69) is 15.1 Å². The highest BCUT2D eigenvalue weighted by molar-refractivity contribution is 6.29. The monoisotopic (exact) mass is 280 g/mol. The summed E-state index contributed by atoms with van der Waals surface area (Å²) in [4.78, 5) is 23.8. The van der Waals surface area contributed by atoms with Crippen LogP contribution in [0.15, 0.2) is 12.4 Å². The van der Waals surface area contributed by atoms with E-state index >= 15 is 0 Å². The molecule has 100 valence electrons. The van der Waals surface area contributed by atoms with Crippen LogP contribution in [-0.2, 0) is 4.79 Å². The van der Waals surface area contributed by atoms with Crippen LogP contribution in [0.4, 0.5) is 5.82 Å². The van der Waals surface area contributed by atoms with Crippen LogP contribution < -0.4 is 4.90 Å². The molecule has 2 aromatic rings. The summed E-state index contributed by atoms with van der Waals surface area (Å²) in [6, 6.07) is 1.71. The Morgan fingerprint density at radius 2 is 2.21 bits per heavy atom. The van der Waals surface area contributed by atoms with Crippen molar-refractivity contribution in [2.75, 3.05) is 31.6 Å². The molecule has 1 saturated heterocycles. The molecule has 0 unspecified atom stereocenters. The number of anilines is 1. The zero-order chi connectivity index (χ0) is 13.4. The number of nitrogens with zero attached hydrogens (tertiary/aromatic N) is 6. The van der Waals surface area contributed by atoms with E-state index in [0.717, 1.165) is 25.3 Å². The Morgan fingerprint density at radius 1 is 1.37 bits per heavy atom. The number of carbonyl (C=O) groups is 1. The molecule has 0 atom stereocenters. The first-order valence-electron chi connectivity index (χ1n) is 6.00. The standard InChI is InChI=1S/C11H13ClN6O/c1-16-3-2-4-17(6-10(16)19)9-5-8(12)15-11-13-7-14-18(9)11/h5,7H,2-4,6H2,1H3. The average Bonchev–Trinajstić information content (AvgIpc) is 2.77. The van der Waals surface area contributed by atoms with Crippen molar-refractivity contribution >= 4 is 29.1 Å². The fourth-order valence-corrected chi connectivity index (χ4v) is 2.35. The molecular weight excluding hydrogens is 268 g/mol. The molecule has 19 heavy (non-hydrogen) atoms. The number of rotatable bonds is 1. The van der Waals surface area contributed by atoms with Gasteiger partial charge in [0.05, 0.1) is 6.54 Å². The van der Waals surface area contributed by atoms with Crippen LogP contribution in [0.5, 0.6) is 0 Å². The van der Waals surface area contributed by atoms with Crippen molar-refractivity contribution in [3.05, 3.63) is 17.5 Å². The quantitative estimate of drug-likeness (QED) is 0.710. The van der Waals surface area contributed by atoms with Gasteiger partial charge in [0.15, 0.2) is 0 Å². The molecule has 1 aliphatic rings. The molecular formula is C11H13ClN6O. The lowest BCUT2D eigenvalue weighted by molar-refractivity contribution is -0.127. The highest BCUT2D eigenvalue weighted by Crippen LogP contribution is 2.20. The van der Waals surface area contributed by atoms with E-state index in [1.54, 1.807) is 15.5 Å². The van der Waals surface area contributed by atoms with Crippen LogP contribution in [0.25, 0.3) is 5.78 Å². The number of aromatic nitrogens is 4.